The van der Waals surface area contributed by atoms with Gasteiger partial charge in [-0.25, -0.2) is 4.98 Å². The molecule has 1 aromatic heterocycles. The first kappa shape index (κ1) is 15.0. The second kappa shape index (κ2) is 6.46. The molecule has 0 radical (unpaired) electrons. The van der Waals surface area contributed by atoms with Gasteiger partial charge < -0.3 is 10.4 Å². The van der Waals surface area contributed by atoms with Crippen LogP contribution in [0.4, 0.5) is 0 Å². The molecule has 0 atom stereocenters. The van der Waals surface area contributed by atoms with Gasteiger partial charge in [-0.2, -0.15) is 0 Å². The van der Waals surface area contributed by atoms with E-state index in [9.17, 15) is 9.90 Å². The molecule has 0 fully saturated rings. The van der Waals surface area contributed by atoms with Crippen molar-refractivity contribution in [1.29, 1.82) is 0 Å². The highest BCUT2D eigenvalue weighted by Gasteiger charge is 2.08. The molecule has 2 N–H and O–H groups in total. The van der Waals surface area contributed by atoms with Crippen LogP contribution >= 0.6 is 27.3 Å². The highest BCUT2D eigenvalue weighted by Crippen LogP contribution is 2.26. The van der Waals surface area contributed by atoms with Gasteiger partial charge in [-0.3, -0.25) is 4.79 Å². The lowest BCUT2D eigenvalue weighted by atomic mass is 10.1. The number of phenolic OH excluding ortho intramolecular Hbond substituents is 1. The second-order valence-corrected chi connectivity index (χ2v) is 7.13. The Balaban J connectivity index is 1.61. The van der Waals surface area contributed by atoms with E-state index < -0.39 is 0 Å². The lowest BCUT2D eigenvalue weighted by Gasteiger charge is -2.05. The molecule has 0 saturated heterocycles. The fourth-order valence-electron chi connectivity index (χ4n) is 2.12. The van der Waals surface area contributed by atoms with Crippen LogP contribution in [-0.4, -0.2) is 22.5 Å². The number of fused-ring (bicyclic) bond motifs is 1. The fourth-order valence-corrected chi connectivity index (χ4v) is 3.57. The molecule has 2 aromatic carbocycles. The van der Waals surface area contributed by atoms with E-state index in [0.717, 1.165) is 26.1 Å². The predicted octanol–water partition coefficient (Wildman–Crippen LogP) is 3.74. The van der Waals surface area contributed by atoms with Crippen molar-refractivity contribution >= 4 is 43.4 Å². The molecule has 0 saturated carbocycles. The molecule has 22 heavy (non-hydrogen) atoms. The number of phenols is 1. The normalized spacial score (nSPS) is 10.8. The maximum atomic E-state index is 12.2. The number of thiazole rings is 1. The summed E-state index contributed by atoms with van der Waals surface area (Å²) >= 11 is 4.86. The zero-order chi connectivity index (χ0) is 15.5. The number of hydrogen-bond donors (Lipinski definition) is 2. The van der Waals surface area contributed by atoms with Gasteiger partial charge in [0.2, 0.25) is 0 Å². The number of benzene rings is 2. The van der Waals surface area contributed by atoms with Crippen LogP contribution in [0, 0.1) is 0 Å². The second-order valence-electron chi connectivity index (χ2n) is 4.82. The number of carbonyl (C=O) groups excluding carboxylic acids is 1. The minimum atomic E-state index is -0.0924. The van der Waals surface area contributed by atoms with E-state index in [1.807, 2.05) is 24.3 Å². The summed E-state index contributed by atoms with van der Waals surface area (Å²) in [7, 11) is 0. The minimum absolute atomic E-state index is 0.0924. The average Bonchev–Trinajstić information content (AvgIpc) is 2.88. The molecule has 0 aliphatic heterocycles. The number of nitrogens with one attached hydrogen (secondary N) is 1. The molecule has 4 nitrogen and oxygen atoms in total. The molecule has 1 amide bonds. The quantitative estimate of drug-likeness (QED) is 0.728. The third-order valence-electron chi connectivity index (χ3n) is 3.26. The summed E-state index contributed by atoms with van der Waals surface area (Å²) in [6.07, 6.45) is 0.723. The summed E-state index contributed by atoms with van der Waals surface area (Å²) in [5.41, 5.74) is 2.59. The summed E-state index contributed by atoms with van der Waals surface area (Å²) in [6, 6.07) is 12.5. The van der Waals surface area contributed by atoms with Gasteiger partial charge in [-0.05, 0) is 58.2 Å². The highest BCUT2D eigenvalue weighted by atomic mass is 79.9. The van der Waals surface area contributed by atoms with Crippen LogP contribution in [-0.2, 0) is 6.42 Å². The van der Waals surface area contributed by atoms with Gasteiger partial charge in [0, 0.05) is 12.1 Å². The van der Waals surface area contributed by atoms with E-state index in [-0.39, 0.29) is 11.7 Å². The molecule has 6 heteroatoms. The number of aromatic hydroxyl groups is 1. The first-order valence-corrected chi connectivity index (χ1v) is 8.35. The molecule has 1 heterocycles. The number of aromatic nitrogens is 1. The van der Waals surface area contributed by atoms with Crippen LogP contribution in [0.1, 0.15) is 15.9 Å². The van der Waals surface area contributed by atoms with E-state index >= 15 is 0 Å². The predicted molar refractivity (Wildman–Crippen MR) is 91.5 cm³/mol. The lowest BCUT2D eigenvalue weighted by Crippen LogP contribution is -2.25. The molecule has 0 aliphatic carbocycles. The van der Waals surface area contributed by atoms with E-state index in [1.165, 1.54) is 11.3 Å². The Hall–Kier alpha value is -1.92. The molecular weight excluding hydrogens is 364 g/mol. The maximum absolute atomic E-state index is 12.2. The van der Waals surface area contributed by atoms with E-state index in [1.54, 1.807) is 18.2 Å². The number of hydrogen-bond acceptors (Lipinski definition) is 4. The smallest absolute Gasteiger partial charge is 0.251 e. The van der Waals surface area contributed by atoms with Crippen LogP contribution in [0.2, 0.25) is 0 Å². The van der Waals surface area contributed by atoms with Gasteiger partial charge in [-0.1, -0.05) is 12.1 Å². The number of halogens is 1. The molecule has 0 bridgehead atoms. The monoisotopic (exact) mass is 376 g/mol. The Bertz CT molecular complexity index is 815. The van der Waals surface area contributed by atoms with E-state index in [0.29, 0.717) is 12.1 Å². The average molecular weight is 377 g/mol. The number of rotatable bonds is 4. The fraction of sp³-hybridized carbons (Fsp3) is 0.125. The van der Waals surface area contributed by atoms with Crippen LogP contribution in [0.25, 0.3) is 10.2 Å². The summed E-state index contributed by atoms with van der Waals surface area (Å²) < 4.78 is 1.80. The Morgan fingerprint density at radius 2 is 2.00 bits per heavy atom. The standard InChI is InChI=1S/C16H13BrN2O2S/c17-16-19-13-6-3-11(9-14(13)22-16)15(21)18-8-7-10-1-4-12(20)5-2-10/h1-6,9,20H,7-8H2,(H,18,21). The van der Waals surface area contributed by atoms with Gasteiger partial charge in [0.25, 0.3) is 5.91 Å². The summed E-state index contributed by atoms with van der Waals surface area (Å²) in [6.45, 7) is 0.550. The third kappa shape index (κ3) is 3.45. The van der Waals surface area contributed by atoms with Gasteiger partial charge in [0.05, 0.1) is 10.2 Å². The number of amides is 1. The van der Waals surface area contributed by atoms with Crippen molar-refractivity contribution in [3.63, 3.8) is 0 Å². The van der Waals surface area contributed by atoms with Crippen molar-refractivity contribution in [2.24, 2.45) is 0 Å². The number of carbonyl (C=O) groups is 1. The van der Waals surface area contributed by atoms with Crippen LogP contribution in [0.3, 0.4) is 0 Å². The van der Waals surface area contributed by atoms with Crippen LogP contribution in [0.15, 0.2) is 46.4 Å². The first-order chi connectivity index (χ1) is 10.6. The van der Waals surface area contributed by atoms with Crippen molar-refractivity contribution in [2.45, 2.75) is 6.42 Å². The summed E-state index contributed by atoms with van der Waals surface area (Å²) in [5, 5.41) is 12.1. The third-order valence-corrected chi connectivity index (χ3v) is 4.73. The Morgan fingerprint density at radius 1 is 1.23 bits per heavy atom. The van der Waals surface area contributed by atoms with Gasteiger partial charge in [0.15, 0.2) is 3.92 Å². The van der Waals surface area contributed by atoms with Crippen molar-refractivity contribution < 1.29 is 9.90 Å². The highest BCUT2D eigenvalue weighted by molar-refractivity contribution is 9.11. The Morgan fingerprint density at radius 3 is 2.77 bits per heavy atom. The number of nitrogens with zero attached hydrogens (tertiary/aromatic N) is 1. The van der Waals surface area contributed by atoms with Crippen molar-refractivity contribution in [1.82, 2.24) is 10.3 Å². The molecule has 0 spiro atoms. The first-order valence-electron chi connectivity index (χ1n) is 6.74. The molecule has 3 rings (SSSR count). The summed E-state index contributed by atoms with van der Waals surface area (Å²) in [5.74, 6) is 0.155. The lowest BCUT2D eigenvalue weighted by molar-refractivity contribution is 0.0954. The van der Waals surface area contributed by atoms with Gasteiger partial charge in [-0.15, -0.1) is 11.3 Å². The Labute approximate surface area is 139 Å². The van der Waals surface area contributed by atoms with E-state index in [2.05, 4.69) is 26.2 Å². The zero-order valence-electron chi connectivity index (χ0n) is 11.5. The molecule has 0 aliphatic rings. The van der Waals surface area contributed by atoms with E-state index in [4.69, 9.17) is 0 Å². The van der Waals surface area contributed by atoms with Crippen molar-refractivity contribution in [3.05, 3.63) is 57.5 Å². The maximum Gasteiger partial charge on any atom is 0.251 e. The topological polar surface area (TPSA) is 62.2 Å². The molecule has 0 unspecified atom stereocenters. The van der Waals surface area contributed by atoms with Crippen molar-refractivity contribution in [2.75, 3.05) is 6.54 Å². The van der Waals surface area contributed by atoms with Gasteiger partial charge >= 0.3 is 0 Å². The van der Waals surface area contributed by atoms with Crippen molar-refractivity contribution in [3.8, 4) is 5.75 Å². The van der Waals surface area contributed by atoms with Crippen LogP contribution < -0.4 is 5.32 Å². The minimum Gasteiger partial charge on any atom is -0.508 e. The van der Waals surface area contributed by atoms with Crippen LogP contribution in [0.5, 0.6) is 5.75 Å². The van der Waals surface area contributed by atoms with Gasteiger partial charge in [0.1, 0.15) is 5.75 Å². The zero-order valence-corrected chi connectivity index (χ0v) is 13.9. The summed E-state index contributed by atoms with van der Waals surface area (Å²) in [4.78, 5) is 16.5. The SMILES string of the molecule is O=C(NCCc1ccc(O)cc1)c1ccc2nc(Br)sc2c1. The molecule has 3 aromatic rings. The Kier molecular flexibility index (Phi) is 4.40. The molecule has 112 valence electrons. The largest absolute Gasteiger partial charge is 0.508 e. The molecular formula is C16H13BrN2O2S.